The molecule has 0 heterocycles. The number of hydrogen-bond acceptors (Lipinski definition) is 4. The molecule has 0 bridgehead atoms. The first-order chi connectivity index (χ1) is 7.17. The van der Waals surface area contributed by atoms with Gasteiger partial charge in [0.05, 0.1) is 7.11 Å². The molecule has 1 aromatic carbocycles. The number of rotatable bonds is 4. The summed E-state index contributed by atoms with van der Waals surface area (Å²) in [5.74, 6) is -0.0525. The first-order valence-corrected chi connectivity index (χ1v) is 4.75. The van der Waals surface area contributed by atoms with Crippen LogP contribution in [0.3, 0.4) is 0 Å². The summed E-state index contributed by atoms with van der Waals surface area (Å²) >= 11 is 0. The Hall–Kier alpha value is -1.55. The first-order valence-electron chi connectivity index (χ1n) is 4.75. The molecule has 4 nitrogen and oxygen atoms in total. The Morgan fingerprint density at radius 2 is 2.20 bits per heavy atom. The van der Waals surface area contributed by atoms with Crippen LogP contribution in [0.4, 0.5) is 0 Å². The number of benzene rings is 1. The lowest BCUT2D eigenvalue weighted by Crippen LogP contribution is -2.06. The van der Waals surface area contributed by atoms with E-state index in [-0.39, 0.29) is 11.7 Å². The normalized spacial score (nSPS) is 10.0. The monoisotopic (exact) mass is 209 g/mol. The SMILES string of the molecule is COC(=O)CCc1ccc(O)cc1CN. The predicted molar refractivity (Wildman–Crippen MR) is 56.3 cm³/mol. The van der Waals surface area contributed by atoms with E-state index in [9.17, 15) is 9.90 Å². The molecule has 0 aliphatic rings. The van der Waals surface area contributed by atoms with Crippen LogP contribution < -0.4 is 5.73 Å². The van der Waals surface area contributed by atoms with Gasteiger partial charge in [-0.15, -0.1) is 0 Å². The maximum atomic E-state index is 10.9. The van der Waals surface area contributed by atoms with Crippen LogP contribution in [0.15, 0.2) is 18.2 Å². The molecule has 82 valence electrons. The molecule has 0 saturated heterocycles. The number of phenolic OH excluding ortho intramolecular Hbond substituents is 1. The highest BCUT2D eigenvalue weighted by Gasteiger charge is 2.05. The quantitative estimate of drug-likeness (QED) is 0.724. The van der Waals surface area contributed by atoms with Crippen LogP contribution in [0.1, 0.15) is 17.5 Å². The van der Waals surface area contributed by atoms with Crippen LogP contribution in [-0.2, 0) is 22.5 Å². The largest absolute Gasteiger partial charge is 0.508 e. The summed E-state index contributed by atoms with van der Waals surface area (Å²) in [6, 6.07) is 4.98. The lowest BCUT2D eigenvalue weighted by molar-refractivity contribution is -0.140. The van der Waals surface area contributed by atoms with Gasteiger partial charge in [0.1, 0.15) is 5.75 Å². The lowest BCUT2D eigenvalue weighted by Gasteiger charge is -2.07. The topological polar surface area (TPSA) is 72.5 Å². The Balaban J connectivity index is 2.72. The molecule has 3 N–H and O–H groups in total. The van der Waals surface area contributed by atoms with E-state index in [2.05, 4.69) is 4.74 Å². The summed E-state index contributed by atoms with van der Waals surface area (Å²) in [6.45, 7) is 0.352. The number of methoxy groups -OCH3 is 1. The van der Waals surface area contributed by atoms with Crippen molar-refractivity contribution in [2.75, 3.05) is 7.11 Å². The van der Waals surface area contributed by atoms with Gasteiger partial charge in [0.25, 0.3) is 0 Å². The number of esters is 1. The number of nitrogens with two attached hydrogens (primary N) is 1. The molecule has 15 heavy (non-hydrogen) atoms. The zero-order valence-corrected chi connectivity index (χ0v) is 8.69. The minimum atomic E-state index is -0.244. The predicted octanol–water partition coefficient (Wildman–Crippen LogP) is 0.956. The molecular weight excluding hydrogens is 194 g/mol. The van der Waals surface area contributed by atoms with E-state index in [1.165, 1.54) is 7.11 Å². The summed E-state index contributed by atoms with van der Waals surface area (Å²) in [4.78, 5) is 10.9. The lowest BCUT2D eigenvalue weighted by atomic mass is 10.0. The van der Waals surface area contributed by atoms with Crippen LogP contribution in [0, 0.1) is 0 Å². The third-order valence-electron chi connectivity index (χ3n) is 2.24. The van der Waals surface area contributed by atoms with Crippen LogP contribution >= 0.6 is 0 Å². The second kappa shape index (κ2) is 5.36. The van der Waals surface area contributed by atoms with Gasteiger partial charge in [-0.3, -0.25) is 4.79 Å². The molecule has 0 spiro atoms. The van der Waals surface area contributed by atoms with Gasteiger partial charge in [-0.1, -0.05) is 6.07 Å². The van der Waals surface area contributed by atoms with Gasteiger partial charge in [-0.05, 0) is 29.7 Å². The molecule has 0 amide bonds. The Morgan fingerprint density at radius 1 is 1.47 bits per heavy atom. The number of hydrogen-bond donors (Lipinski definition) is 2. The molecule has 0 aliphatic carbocycles. The van der Waals surface area contributed by atoms with Crippen molar-refractivity contribution < 1.29 is 14.6 Å². The average Bonchev–Trinajstić information content (AvgIpc) is 2.26. The van der Waals surface area contributed by atoms with Gasteiger partial charge in [-0.25, -0.2) is 0 Å². The Bertz CT molecular complexity index is 350. The fraction of sp³-hybridized carbons (Fsp3) is 0.364. The minimum absolute atomic E-state index is 0.192. The molecule has 0 unspecified atom stereocenters. The molecule has 1 aromatic rings. The van der Waals surface area contributed by atoms with Crippen molar-refractivity contribution in [3.63, 3.8) is 0 Å². The maximum absolute atomic E-state index is 10.9. The van der Waals surface area contributed by atoms with Gasteiger partial charge in [0.2, 0.25) is 0 Å². The highest BCUT2D eigenvalue weighted by molar-refractivity contribution is 5.69. The van der Waals surface area contributed by atoms with Crippen molar-refractivity contribution in [3.05, 3.63) is 29.3 Å². The van der Waals surface area contributed by atoms with Gasteiger partial charge in [0, 0.05) is 13.0 Å². The van der Waals surface area contributed by atoms with Gasteiger partial charge >= 0.3 is 5.97 Å². The second-order valence-electron chi connectivity index (χ2n) is 3.23. The third kappa shape index (κ3) is 3.25. The molecule has 1 rings (SSSR count). The van der Waals surface area contributed by atoms with Crippen LogP contribution in [0.25, 0.3) is 0 Å². The summed E-state index contributed by atoms with van der Waals surface area (Å²) in [6.07, 6.45) is 0.910. The third-order valence-corrected chi connectivity index (χ3v) is 2.24. The van der Waals surface area contributed by atoms with E-state index < -0.39 is 0 Å². The van der Waals surface area contributed by atoms with Crippen molar-refractivity contribution in [1.29, 1.82) is 0 Å². The Labute approximate surface area is 88.7 Å². The summed E-state index contributed by atoms with van der Waals surface area (Å²) in [5, 5.41) is 9.25. The number of aryl methyl sites for hydroxylation is 1. The molecule has 0 aliphatic heterocycles. The molecule has 0 fully saturated rings. The van der Waals surface area contributed by atoms with E-state index in [1.54, 1.807) is 18.2 Å². The fourth-order valence-electron chi connectivity index (χ4n) is 1.39. The number of carbonyl (C=O) groups excluding carboxylic acids is 1. The highest BCUT2D eigenvalue weighted by atomic mass is 16.5. The zero-order chi connectivity index (χ0) is 11.3. The van der Waals surface area contributed by atoms with Gasteiger partial charge in [-0.2, -0.15) is 0 Å². The number of phenols is 1. The highest BCUT2D eigenvalue weighted by Crippen LogP contribution is 2.17. The maximum Gasteiger partial charge on any atom is 0.305 e. The Kier molecular flexibility index (Phi) is 4.12. The van der Waals surface area contributed by atoms with Crippen molar-refractivity contribution in [3.8, 4) is 5.75 Å². The smallest absolute Gasteiger partial charge is 0.305 e. The molecular formula is C11H15NO3. The van der Waals surface area contributed by atoms with Crippen molar-refractivity contribution in [1.82, 2.24) is 0 Å². The van der Waals surface area contributed by atoms with Crippen molar-refractivity contribution in [2.45, 2.75) is 19.4 Å². The molecule has 0 saturated carbocycles. The van der Waals surface area contributed by atoms with E-state index in [1.807, 2.05) is 0 Å². The van der Waals surface area contributed by atoms with Gasteiger partial charge in [0.15, 0.2) is 0 Å². The summed E-state index contributed by atoms with van der Waals surface area (Å²) in [7, 11) is 1.36. The van der Waals surface area contributed by atoms with Gasteiger partial charge < -0.3 is 15.6 Å². The minimum Gasteiger partial charge on any atom is -0.508 e. The number of carbonyl (C=O) groups is 1. The Morgan fingerprint density at radius 3 is 2.80 bits per heavy atom. The van der Waals surface area contributed by atoms with Crippen molar-refractivity contribution >= 4 is 5.97 Å². The average molecular weight is 209 g/mol. The zero-order valence-electron chi connectivity index (χ0n) is 8.69. The first kappa shape index (κ1) is 11.5. The fourth-order valence-corrected chi connectivity index (χ4v) is 1.39. The van der Waals surface area contributed by atoms with Crippen LogP contribution in [-0.4, -0.2) is 18.2 Å². The second-order valence-corrected chi connectivity index (χ2v) is 3.23. The standard InChI is InChI=1S/C11H15NO3/c1-15-11(14)5-3-8-2-4-10(13)6-9(8)7-12/h2,4,6,13H,3,5,7,12H2,1H3. The molecule has 0 radical (unpaired) electrons. The summed E-state index contributed by atoms with van der Waals surface area (Å²) in [5.41, 5.74) is 7.36. The van der Waals surface area contributed by atoms with Crippen LogP contribution in [0.5, 0.6) is 5.75 Å². The van der Waals surface area contributed by atoms with E-state index in [0.717, 1.165) is 11.1 Å². The van der Waals surface area contributed by atoms with Crippen molar-refractivity contribution in [2.24, 2.45) is 5.73 Å². The molecule has 0 aromatic heterocycles. The van der Waals surface area contributed by atoms with E-state index >= 15 is 0 Å². The van der Waals surface area contributed by atoms with E-state index in [0.29, 0.717) is 19.4 Å². The number of ether oxygens (including phenoxy) is 1. The number of aromatic hydroxyl groups is 1. The molecule has 0 atom stereocenters. The van der Waals surface area contributed by atoms with E-state index in [4.69, 9.17) is 5.73 Å². The summed E-state index contributed by atoms with van der Waals surface area (Å²) < 4.78 is 4.55. The van der Waals surface area contributed by atoms with Crippen LogP contribution in [0.2, 0.25) is 0 Å². The molecule has 4 heteroatoms.